The van der Waals surface area contributed by atoms with Gasteiger partial charge in [0.1, 0.15) is 11.5 Å². The molecule has 0 bridgehead atoms. The average Bonchev–Trinajstić information content (AvgIpc) is 2.97. The van der Waals surface area contributed by atoms with Crippen LogP contribution in [0.25, 0.3) is 0 Å². The molecule has 5 heteroatoms. The van der Waals surface area contributed by atoms with Crippen LogP contribution in [0.2, 0.25) is 5.02 Å². The topological polar surface area (TPSA) is 45.6 Å². The van der Waals surface area contributed by atoms with Crippen molar-refractivity contribution >= 4 is 17.3 Å². The average molecular weight is 306 g/mol. The molecule has 1 aromatic carbocycles. The van der Waals surface area contributed by atoms with Gasteiger partial charge in [0.05, 0.1) is 13.1 Å². The summed E-state index contributed by atoms with van der Waals surface area (Å²) < 4.78 is 5.67. The number of hydrogen-bond donors (Lipinski definition) is 1. The molecule has 0 aliphatic carbocycles. The monoisotopic (exact) mass is 305 g/mol. The maximum Gasteiger partial charge on any atom is 0.118 e. The summed E-state index contributed by atoms with van der Waals surface area (Å²) in [6.07, 6.45) is 0. The van der Waals surface area contributed by atoms with Gasteiger partial charge in [-0.3, -0.25) is 4.90 Å². The van der Waals surface area contributed by atoms with Crippen molar-refractivity contribution in [3.8, 4) is 0 Å². The minimum atomic E-state index is 0.463. The van der Waals surface area contributed by atoms with Crippen molar-refractivity contribution in [1.29, 1.82) is 0 Å². The smallest absolute Gasteiger partial charge is 0.118 e. The fraction of sp³-hybridized carbons (Fsp3) is 0.375. The number of halogens is 1. The molecule has 1 aliphatic rings. The summed E-state index contributed by atoms with van der Waals surface area (Å²) in [6, 6.07) is 12.0. The third-order valence-electron chi connectivity index (χ3n) is 3.86. The Hall–Kier alpha value is -1.49. The fourth-order valence-corrected chi connectivity index (χ4v) is 2.78. The zero-order valence-corrected chi connectivity index (χ0v) is 12.7. The van der Waals surface area contributed by atoms with Crippen LogP contribution < -0.4 is 10.6 Å². The minimum Gasteiger partial charge on any atom is -0.463 e. The Morgan fingerprint density at radius 1 is 0.952 bits per heavy atom. The van der Waals surface area contributed by atoms with Gasteiger partial charge in [-0.2, -0.15) is 0 Å². The van der Waals surface area contributed by atoms with Crippen molar-refractivity contribution in [3.63, 3.8) is 0 Å². The molecule has 0 saturated carbocycles. The number of nitrogens with two attached hydrogens (primary N) is 1. The van der Waals surface area contributed by atoms with Gasteiger partial charge in [0.15, 0.2) is 0 Å². The molecule has 1 aromatic heterocycles. The van der Waals surface area contributed by atoms with Crippen LogP contribution in [0.5, 0.6) is 0 Å². The van der Waals surface area contributed by atoms with E-state index in [0.717, 1.165) is 49.3 Å². The van der Waals surface area contributed by atoms with Crippen LogP contribution in [0, 0.1) is 0 Å². The molecule has 2 heterocycles. The molecule has 21 heavy (non-hydrogen) atoms. The zero-order chi connectivity index (χ0) is 14.7. The van der Waals surface area contributed by atoms with E-state index in [2.05, 4.69) is 21.9 Å². The first-order valence-electron chi connectivity index (χ1n) is 7.25. The van der Waals surface area contributed by atoms with Crippen molar-refractivity contribution in [2.45, 2.75) is 13.1 Å². The SMILES string of the molecule is NCc1ccc(CN2CCN(c3ccc(Cl)cc3)CC2)o1. The first kappa shape index (κ1) is 14.4. The highest BCUT2D eigenvalue weighted by molar-refractivity contribution is 6.30. The molecule has 2 aromatic rings. The number of piperazine rings is 1. The largest absolute Gasteiger partial charge is 0.463 e. The van der Waals surface area contributed by atoms with Crippen LogP contribution in [-0.4, -0.2) is 31.1 Å². The Morgan fingerprint density at radius 3 is 2.24 bits per heavy atom. The zero-order valence-electron chi connectivity index (χ0n) is 12.0. The van der Waals surface area contributed by atoms with Crippen molar-refractivity contribution < 1.29 is 4.42 Å². The molecule has 0 amide bonds. The van der Waals surface area contributed by atoms with E-state index < -0.39 is 0 Å². The first-order valence-corrected chi connectivity index (χ1v) is 7.63. The van der Waals surface area contributed by atoms with Crippen LogP contribution in [0.3, 0.4) is 0 Å². The van der Waals surface area contributed by atoms with Crippen LogP contribution in [0.4, 0.5) is 5.69 Å². The summed E-state index contributed by atoms with van der Waals surface area (Å²) in [5.74, 6) is 1.85. The summed E-state index contributed by atoms with van der Waals surface area (Å²) in [5, 5.41) is 0.783. The van der Waals surface area contributed by atoms with Gasteiger partial charge in [-0.15, -0.1) is 0 Å². The second-order valence-corrected chi connectivity index (χ2v) is 5.75. The molecule has 0 unspecified atom stereocenters. The molecule has 1 aliphatic heterocycles. The first-order chi connectivity index (χ1) is 10.2. The lowest BCUT2D eigenvalue weighted by molar-refractivity contribution is 0.228. The van der Waals surface area contributed by atoms with E-state index >= 15 is 0 Å². The molecule has 0 atom stereocenters. The van der Waals surface area contributed by atoms with Gasteiger partial charge in [-0.1, -0.05) is 11.6 Å². The molecule has 112 valence electrons. The van der Waals surface area contributed by atoms with E-state index in [1.54, 1.807) is 0 Å². The lowest BCUT2D eigenvalue weighted by Gasteiger charge is -2.35. The number of nitrogens with zero attached hydrogens (tertiary/aromatic N) is 2. The van der Waals surface area contributed by atoms with Crippen LogP contribution in [0.15, 0.2) is 40.8 Å². The highest BCUT2D eigenvalue weighted by Crippen LogP contribution is 2.20. The molecule has 0 spiro atoms. The highest BCUT2D eigenvalue weighted by atomic mass is 35.5. The van der Waals surface area contributed by atoms with Gasteiger partial charge in [-0.05, 0) is 36.4 Å². The quantitative estimate of drug-likeness (QED) is 0.943. The third kappa shape index (κ3) is 3.59. The molecule has 3 rings (SSSR count). The summed E-state index contributed by atoms with van der Waals surface area (Å²) in [4.78, 5) is 4.80. The lowest BCUT2D eigenvalue weighted by Crippen LogP contribution is -2.45. The normalized spacial score (nSPS) is 16.4. The van der Waals surface area contributed by atoms with E-state index in [0.29, 0.717) is 6.54 Å². The van der Waals surface area contributed by atoms with E-state index in [1.165, 1.54) is 5.69 Å². The molecule has 2 N–H and O–H groups in total. The summed E-state index contributed by atoms with van der Waals surface area (Å²) >= 11 is 5.93. The predicted octanol–water partition coefficient (Wildman–Crippen LogP) is 2.71. The van der Waals surface area contributed by atoms with Crippen molar-refractivity contribution in [1.82, 2.24) is 4.90 Å². The number of rotatable bonds is 4. The Morgan fingerprint density at radius 2 is 1.62 bits per heavy atom. The van der Waals surface area contributed by atoms with Gasteiger partial charge < -0.3 is 15.1 Å². The molecule has 0 radical (unpaired) electrons. The van der Waals surface area contributed by atoms with Crippen molar-refractivity contribution in [2.75, 3.05) is 31.1 Å². The van der Waals surface area contributed by atoms with Gasteiger partial charge in [0.2, 0.25) is 0 Å². The maximum absolute atomic E-state index is 5.93. The van der Waals surface area contributed by atoms with Gasteiger partial charge in [0.25, 0.3) is 0 Å². The molecular formula is C16H20ClN3O. The highest BCUT2D eigenvalue weighted by Gasteiger charge is 2.18. The van der Waals surface area contributed by atoms with Crippen molar-refractivity contribution in [3.05, 3.63) is 52.9 Å². The molecule has 4 nitrogen and oxygen atoms in total. The minimum absolute atomic E-state index is 0.463. The standard InChI is InChI=1S/C16H20ClN3O/c17-13-1-3-14(4-2-13)20-9-7-19(8-10-20)12-16-6-5-15(11-18)21-16/h1-6H,7-12,18H2. The second kappa shape index (κ2) is 6.52. The van der Waals surface area contributed by atoms with Crippen LogP contribution in [-0.2, 0) is 13.1 Å². The summed E-state index contributed by atoms with van der Waals surface area (Å²) in [6.45, 7) is 5.42. The van der Waals surface area contributed by atoms with Gasteiger partial charge in [-0.25, -0.2) is 0 Å². The lowest BCUT2D eigenvalue weighted by atomic mass is 10.2. The fourth-order valence-electron chi connectivity index (χ4n) is 2.65. The van der Waals surface area contributed by atoms with Crippen LogP contribution in [0.1, 0.15) is 11.5 Å². The number of benzene rings is 1. The van der Waals surface area contributed by atoms with Crippen LogP contribution >= 0.6 is 11.6 Å². The van der Waals surface area contributed by atoms with E-state index in [1.807, 2.05) is 24.3 Å². The Balaban J connectivity index is 1.54. The third-order valence-corrected chi connectivity index (χ3v) is 4.11. The van der Waals surface area contributed by atoms with E-state index in [9.17, 15) is 0 Å². The Kier molecular flexibility index (Phi) is 4.48. The number of hydrogen-bond acceptors (Lipinski definition) is 4. The number of anilines is 1. The van der Waals surface area contributed by atoms with E-state index in [-0.39, 0.29) is 0 Å². The predicted molar refractivity (Wildman–Crippen MR) is 85.5 cm³/mol. The number of furan rings is 1. The second-order valence-electron chi connectivity index (χ2n) is 5.31. The van der Waals surface area contributed by atoms with Gasteiger partial charge in [0, 0.05) is 36.9 Å². The molecule has 1 fully saturated rings. The summed E-state index contributed by atoms with van der Waals surface area (Å²) in [5.41, 5.74) is 6.80. The van der Waals surface area contributed by atoms with Crippen molar-refractivity contribution in [2.24, 2.45) is 5.73 Å². The maximum atomic E-state index is 5.93. The van der Waals surface area contributed by atoms with E-state index in [4.69, 9.17) is 21.8 Å². The molecular weight excluding hydrogens is 286 g/mol. The Bertz CT molecular complexity index is 573. The summed E-state index contributed by atoms with van der Waals surface area (Å²) in [7, 11) is 0. The van der Waals surface area contributed by atoms with Gasteiger partial charge >= 0.3 is 0 Å². The Labute approximate surface area is 130 Å². The molecule has 1 saturated heterocycles.